The summed E-state index contributed by atoms with van der Waals surface area (Å²) in [5.41, 5.74) is 1.20. The van der Waals surface area contributed by atoms with Gasteiger partial charge in [0.25, 0.3) is 0 Å². The first kappa shape index (κ1) is 20.9. The van der Waals surface area contributed by atoms with Gasteiger partial charge >= 0.3 is 0 Å². The maximum atomic E-state index is 11.3. The summed E-state index contributed by atoms with van der Waals surface area (Å²) < 4.78 is 30.6. The van der Waals surface area contributed by atoms with Crippen molar-refractivity contribution in [2.24, 2.45) is 5.92 Å². The Balaban J connectivity index is 1.71. The topological polar surface area (TPSA) is 92.5 Å². The third-order valence-electron chi connectivity index (χ3n) is 3.61. The van der Waals surface area contributed by atoms with Crippen LogP contribution in [0.1, 0.15) is 19.4 Å². The summed E-state index contributed by atoms with van der Waals surface area (Å²) >= 11 is 11.3. The molecule has 1 unspecified atom stereocenters. The lowest BCUT2D eigenvalue weighted by atomic mass is 10.2. The molecule has 10 heteroatoms. The van der Waals surface area contributed by atoms with Crippen LogP contribution in [0.5, 0.6) is 11.6 Å². The molecule has 0 aliphatic carbocycles. The number of nitrogens with zero attached hydrogens (tertiary/aromatic N) is 2. The maximum Gasteiger partial charge on any atom is 0.232 e. The third-order valence-corrected chi connectivity index (χ3v) is 4.71. The summed E-state index contributed by atoms with van der Waals surface area (Å²) in [5, 5.41) is 5.35. The Morgan fingerprint density at radius 3 is 2.68 bits per heavy atom. The van der Waals surface area contributed by atoms with Crippen molar-refractivity contribution in [2.75, 3.05) is 17.6 Å². The minimum atomic E-state index is -1.27. The molecule has 1 atom stereocenters. The summed E-state index contributed by atoms with van der Waals surface area (Å²) in [6.07, 6.45) is 3.05. The largest absolute Gasteiger partial charge is 0.593 e. The van der Waals surface area contributed by atoms with Gasteiger partial charge in [-0.2, -0.15) is 4.72 Å². The van der Waals surface area contributed by atoms with Crippen LogP contribution in [0.15, 0.2) is 28.9 Å². The van der Waals surface area contributed by atoms with E-state index >= 15 is 0 Å². The van der Waals surface area contributed by atoms with E-state index in [1.807, 2.05) is 13.8 Å². The van der Waals surface area contributed by atoms with Gasteiger partial charge in [0, 0.05) is 16.7 Å². The lowest BCUT2D eigenvalue weighted by Crippen LogP contribution is -2.09. The quantitative estimate of drug-likeness (QED) is 0.497. The Morgan fingerprint density at radius 2 is 2.00 bits per heavy atom. The first-order valence-electron chi connectivity index (χ1n) is 8.42. The van der Waals surface area contributed by atoms with Crippen molar-refractivity contribution in [1.82, 2.24) is 10.1 Å². The van der Waals surface area contributed by atoms with Gasteiger partial charge in [-0.15, -0.1) is 0 Å². The van der Waals surface area contributed by atoms with E-state index in [9.17, 15) is 4.55 Å². The fraction of sp³-hybridized carbons (Fsp3) is 0.333. The second-order valence-electron chi connectivity index (χ2n) is 6.48. The number of aromatic nitrogens is 2. The molecule has 0 saturated heterocycles. The second kappa shape index (κ2) is 9.09. The van der Waals surface area contributed by atoms with Crippen molar-refractivity contribution in [3.8, 4) is 11.6 Å². The van der Waals surface area contributed by atoms with E-state index in [2.05, 4.69) is 14.9 Å². The van der Waals surface area contributed by atoms with E-state index < -0.39 is 11.4 Å². The molecule has 0 amide bonds. The van der Waals surface area contributed by atoms with Gasteiger partial charge in [-0.05, 0) is 18.1 Å². The van der Waals surface area contributed by atoms with Gasteiger partial charge in [0.1, 0.15) is 23.6 Å². The molecule has 0 fully saturated rings. The summed E-state index contributed by atoms with van der Waals surface area (Å²) in [5.74, 6) is 1.60. The molecular formula is C18H19Cl2N3O4S. The fourth-order valence-corrected chi connectivity index (χ4v) is 3.17. The summed E-state index contributed by atoms with van der Waals surface area (Å²) in [6, 6.07) is 5.06. The molecule has 0 radical (unpaired) electrons. The number of nitrogens with one attached hydrogen (secondary N) is 1. The molecule has 2 aromatic heterocycles. The van der Waals surface area contributed by atoms with Gasteiger partial charge in [-0.25, -0.2) is 4.98 Å². The highest BCUT2D eigenvalue weighted by molar-refractivity contribution is 7.92. The van der Waals surface area contributed by atoms with Gasteiger partial charge in [-0.1, -0.05) is 42.2 Å². The second-order valence-corrected chi connectivity index (χ2v) is 8.41. The van der Waals surface area contributed by atoms with Crippen molar-refractivity contribution in [1.29, 1.82) is 0 Å². The molecule has 1 aromatic carbocycles. The van der Waals surface area contributed by atoms with Crippen LogP contribution in [0.25, 0.3) is 11.0 Å². The standard InChI is InChI=1S/C18H19Cl2N3O4S/c1-10(2)8-26-18-15(20)5-12(7-21-18)25-9-11-4-16-13(6-14(11)19)17(22-27-16)23-28(3)24/h4-7,10H,8-9H2,1-3H3,(H,22,23). The van der Waals surface area contributed by atoms with Gasteiger partial charge in [-0.3, -0.25) is 0 Å². The Morgan fingerprint density at radius 1 is 1.21 bits per heavy atom. The number of benzene rings is 1. The van der Waals surface area contributed by atoms with E-state index in [0.29, 0.717) is 56.6 Å². The van der Waals surface area contributed by atoms with Crippen molar-refractivity contribution in [2.45, 2.75) is 20.5 Å². The first-order chi connectivity index (χ1) is 13.3. The molecule has 3 aromatic rings. The zero-order valence-corrected chi connectivity index (χ0v) is 17.8. The van der Waals surface area contributed by atoms with Crippen LogP contribution in [0, 0.1) is 5.92 Å². The zero-order chi connectivity index (χ0) is 20.3. The Bertz CT molecular complexity index is 965. The lowest BCUT2D eigenvalue weighted by molar-refractivity contribution is 0.259. The maximum absolute atomic E-state index is 11.3. The van der Waals surface area contributed by atoms with Gasteiger partial charge in [0.05, 0.1) is 29.6 Å². The normalized spacial score (nSPS) is 12.4. The van der Waals surface area contributed by atoms with Crippen LogP contribution in [0.3, 0.4) is 0 Å². The molecule has 2 heterocycles. The van der Waals surface area contributed by atoms with Crippen LogP contribution in [-0.2, 0) is 18.0 Å². The monoisotopic (exact) mass is 443 g/mol. The number of pyridine rings is 1. The molecule has 0 spiro atoms. The van der Waals surface area contributed by atoms with Gasteiger partial charge < -0.3 is 18.5 Å². The number of anilines is 1. The minimum absolute atomic E-state index is 0.183. The van der Waals surface area contributed by atoms with Crippen LogP contribution < -0.4 is 14.2 Å². The van der Waals surface area contributed by atoms with E-state index in [0.717, 1.165) is 0 Å². The molecular weight excluding hydrogens is 425 g/mol. The highest BCUT2D eigenvalue weighted by Crippen LogP contribution is 2.31. The van der Waals surface area contributed by atoms with Crippen LogP contribution in [0.4, 0.5) is 5.82 Å². The molecule has 28 heavy (non-hydrogen) atoms. The summed E-state index contributed by atoms with van der Waals surface area (Å²) in [4.78, 5) is 4.19. The number of hydrogen-bond donors (Lipinski definition) is 1. The van der Waals surface area contributed by atoms with Crippen molar-refractivity contribution >= 4 is 51.4 Å². The smallest absolute Gasteiger partial charge is 0.232 e. The molecule has 0 aliphatic heterocycles. The number of halogens is 2. The molecule has 1 N–H and O–H groups in total. The van der Waals surface area contributed by atoms with Crippen molar-refractivity contribution in [3.63, 3.8) is 0 Å². The number of ether oxygens (including phenoxy) is 2. The average Bonchev–Trinajstić information content (AvgIpc) is 2.99. The molecule has 3 rings (SSSR count). The van der Waals surface area contributed by atoms with Crippen LogP contribution in [0.2, 0.25) is 10.0 Å². The molecule has 0 bridgehead atoms. The minimum Gasteiger partial charge on any atom is -0.593 e. The molecule has 0 aliphatic rings. The Hall–Kier alpha value is -1.87. The summed E-state index contributed by atoms with van der Waals surface area (Å²) in [6.45, 7) is 4.80. The molecule has 7 nitrogen and oxygen atoms in total. The van der Waals surface area contributed by atoms with Crippen molar-refractivity contribution in [3.05, 3.63) is 40.0 Å². The first-order valence-corrected chi connectivity index (χ1v) is 10.7. The average molecular weight is 444 g/mol. The van der Waals surface area contributed by atoms with E-state index in [4.69, 9.17) is 37.2 Å². The lowest BCUT2D eigenvalue weighted by Gasteiger charge is -2.11. The fourth-order valence-electron chi connectivity index (χ4n) is 2.32. The van der Waals surface area contributed by atoms with Gasteiger partial charge in [0.2, 0.25) is 11.7 Å². The number of fused-ring (bicyclic) bond motifs is 1. The van der Waals surface area contributed by atoms with Crippen molar-refractivity contribution < 1.29 is 18.5 Å². The predicted molar refractivity (Wildman–Crippen MR) is 111 cm³/mol. The highest BCUT2D eigenvalue weighted by Gasteiger charge is 2.15. The Kier molecular flexibility index (Phi) is 6.77. The highest BCUT2D eigenvalue weighted by atomic mass is 35.5. The number of hydrogen-bond acceptors (Lipinski definition) is 7. The predicted octanol–water partition coefficient (Wildman–Crippen LogP) is 4.85. The molecule has 0 saturated carbocycles. The van der Waals surface area contributed by atoms with E-state index in [-0.39, 0.29) is 6.61 Å². The summed E-state index contributed by atoms with van der Waals surface area (Å²) in [7, 11) is 0. The molecule has 150 valence electrons. The zero-order valence-electron chi connectivity index (χ0n) is 15.5. The SMILES string of the molecule is CC(C)COc1ncc(OCc2cc3onc(N[S+](C)[O-])c3cc2Cl)cc1Cl. The van der Waals surface area contributed by atoms with E-state index in [1.54, 1.807) is 24.4 Å². The van der Waals surface area contributed by atoms with Gasteiger partial charge in [0.15, 0.2) is 5.58 Å². The van der Waals surface area contributed by atoms with Crippen LogP contribution in [-0.4, -0.2) is 27.6 Å². The Labute approximate surface area is 175 Å². The van der Waals surface area contributed by atoms with E-state index in [1.165, 1.54) is 6.26 Å². The van der Waals surface area contributed by atoms with Crippen LogP contribution >= 0.6 is 23.2 Å². The number of rotatable bonds is 8. The third kappa shape index (κ3) is 5.14.